The highest BCUT2D eigenvalue weighted by Gasteiger charge is 2.46. The molecule has 1 aliphatic heterocycles. The van der Waals surface area contributed by atoms with Crippen molar-refractivity contribution in [3.63, 3.8) is 0 Å². The Bertz CT molecular complexity index is 1250. The molecule has 0 spiro atoms. The number of hydrogen-bond acceptors (Lipinski definition) is 11. The summed E-state index contributed by atoms with van der Waals surface area (Å²) in [6.45, 7) is 3.66. The smallest absolute Gasteiger partial charge is 0.306 e. The van der Waals surface area contributed by atoms with Crippen LogP contribution in [0.1, 0.15) is 162 Å². The second-order valence-corrected chi connectivity index (χ2v) is 16.5. The number of unbranched alkanes of at least 4 members (excludes halogenated alkanes) is 15. The van der Waals surface area contributed by atoms with Gasteiger partial charge in [0.25, 0.3) is 10.1 Å². The maximum Gasteiger partial charge on any atom is 0.306 e. The minimum Gasteiger partial charge on any atom is -0.462 e. The van der Waals surface area contributed by atoms with Crippen LogP contribution in [0.3, 0.4) is 0 Å². The molecule has 0 aromatic rings. The van der Waals surface area contributed by atoms with Crippen LogP contribution in [0.2, 0.25) is 0 Å². The second kappa shape index (κ2) is 34.5. The third-order valence-corrected chi connectivity index (χ3v) is 10.4. The van der Waals surface area contributed by atoms with Gasteiger partial charge in [-0.15, -0.1) is 0 Å². The molecule has 1 aliphatic rings. The predicted octanol–water partition coefficient (Wildman–Crippen LogP) is 8.39. The molecule has 0 amide bonds. The van der Waals surface area contributed by atoms with Crippen LogP contribution in [0.4, 0.5) is 0 Å². The zero-order chi connectivity index (χ0) is 42.0. The number of rotatable bonds is 35. The predicted molar refractivity (Wildman–Crippen MR) is 224 cm³/mol. The van der Waals surface area contributed by atoms with Gasteiger partial charge in [0.1, 0.15) is 36.8 Å². The summed E-state index contributed by atoms with van der Waals surface area (Å²) < 4.78 is 53.9. The summed E-state index contributed by atoms with van der Waals surface area (Å²) in [5.41, 5.74) is 0. The van der Waals surface area contributed by atoms with Crippen molar-refractivity contribution in [2.45, 2.75) is 198 Å². The summed E-state index contributed by atoms with van der Waals surface area (Å²) in [6.07, 6.45) is 30.1. The third-order valence-electron chi connectivity index (χ3n) is 9.63. The van der Waals surface area contributed by atoms with Gasteiger partial charge in [0.15, 0.2) is 12.4 Å². The zero-order valence-corrected chi connectivity index (χ0v) is 35.7. The lowest BCUT2D eigenvalue weighted by molar-refractivity contribution is -0.297. The molecule has 0 aromatic heterocycles. The second-order valence-electron chi connectivity index (χ2n) is 15.0. The number of carbonyl (C=O) groups is 2. The summed E-state index contributed by atoms with van der Waals surface area (Å²) >= 11 is 0. The molecule has 0 aliphatic carbocycles. The maximum atomic E-state index is 12.8. The van der Waals surface area contributed by atoms with E-state index in [0.717, 1.165) is 83.5 Å². The lowest BCUT2D eigenvalue weighted by Gasteiger charge is -2.40. The molecule has 4 N–H and O–H groups in total. The van der Waals surface area contributed by atoms with Crippen molar-refractivity contribution < 1.29 is 56.8 Å². The monoisotopic (exact) mass is 829 g/mol. The average Bonchev–Trinajstić information content (AvgIpc) is 3.17. The van der Waals surface area contributed by atoms with E-state index in [2.05, 4.69) is 62.5 Å². The Morgan fingerprint density at radius 2 is 1.05 bits per heavy atom. The highest BCUT2D eigenvalue weighted by molar-refractivity contribution is 7.85. The summed E-state index contributed by atoms with van der Waals surface area (Å²) in [4.78, 5) is 25.3. The molecular formula is C44H76O12S. The molecule has 0 saturated carbocycles. The molecule has 1 heterocycles. The van der Waals surface area contributed by atoms with Gasteiger partial charge < -0.3 is 34.3 Å². The van der Waals surface area contributed by atoms with Crippen LogP contribution in [0.5, 0.6) is 0 Å². The molecule has 57 heavy (non-hydrogen) atoms. The molecule has 1 rings (SSSR count). The van der Waals surface area contributed by atoms with E-state index in [1.165, 1.54) is 38.5 Å². The molecule has 6 atom stereocenters. The molecule has 12 nitrogen and oxygen atoms in total. The van der Waals surface area contributed by atoms with E-state index in [9.17, 15) is 37.9 Å². The minimum absolute atomic E-state index is 0.147. The van der Waals surface area contributed by atoms with E-state index in [-0.39, 0.29) is 19.4 Å². The number of aliphatic hydroxyl groups excluding tert-OH is 3. The van der Waals surface area contributed by atoms with Crippen molar-refractivity contribution >= 4 is 22.1 Å². The van der Waals surface area contributed by atoms with E-state index in [1.54, 1.807) is 0 Å². The Morgan fingerprint density at radius 1 is 0.596 bits per heavy atom. The van der Waals surface area contributed by atoms with E-state index < -0.39 is 71.2 Å². The largest absolute Gasteiger partial charge is 0.462 e. The summed E-state index contributed by atoms with van der Waals surface area (Å²) in [5, 5.41) is 30.8. The lowest BCUT2D eigenvalue weighted by atomic mass is 10.00. The summed E-state index contributed by atoms with van der Waals surface area (Å²) in [7, 11) is -4.60. The Labute approximate surface area is 343 Å². The molecule has 1 saturated heterocycles. The van der Waals surface area contributed by atoms with Crippen molar-refractivity contribution in [2.75, 3.05) is 19.0 Å². The van der Waals surface area contributed by atoms with Crippen LogP contribution < -0.4 is 0 Å². The Balaban J connectivity index is 2.49. The fourth-order valence-corrected chi connectivity index (χ4v) is 6.90. The van der Waals surface area contributed by atoms with Crippen molar-refractivity contribution in [3.8, 4) is 0 Å². The van der Waals surface area contributed by atoms with Crippen molar-refractivity contribution in [1.82, 2.24) is 0 Å². The van der Waals surface area contributed by atoms with Gasteiger partial charge in [-0.3, -0.25) is 14.1 Å². The molecule has 330 valence electrons. The van der Waals surface area contributed by atoms with Gasteiger partial charge >= 0.3 is 11.9 Å². The number of ether oxygens (including phenoxy) is 4. The highest BCUT2D eigenvalue weighted by atomic mass is 32.2. The first-order valence-electron chi connectivity index (χ1n) is 21.7. The highest BCUT2D eigenvalue weighted by Crippen LogP contribution is 2.24. The normalized spacial score (nSPS) is 21.0. The fraction of sp³-hybridized carbons (Fsp3) is 0.773. The first-order valence-corrected chi connectivity index (χ1v) is 23.3. The fourth-order valence-electron chi connectivity index (χ4n) is 6.21. The first-order chi connectivity index (χ1) is 27.5. The van der Waals surface area contributed by atoms with Gasteiger partial charge in [-0.1, -0.05) is 120 Å². The minimum atomic E-state index is -4.60. The maximum absolute atomic E-state index is 12.8. The number of allylic oxidation sites excluding steroid dienone is 8. The van der Waals surface area contributed by atoms with Crippen LogP contribution in [0, 0.1) is 0 Å². The molecule has 2 unspecified atom stereocenters. The molecule has 0 bridgehead atoms. The first kappa shape index (κ1) is 52.6. The molecule has 1 fully saturated rings. The Kier molecular flexibility index (Phi) is 31.8. The topological polar surface area (TPSA) is 186 Å². The van der Waals surface area contributed by atoms with E-state index in [4.69, 9.17) is 18.9 Å². The third kappa shape index (κ3) is 29.5. The van der Waals surface area contributed by atoms with Crippen LogP contribution in [0.15, 0.2) is 48.6 Å². The SMILES string of the molecule is CCCCC/C=C/C/C=C/C/C=C/CCCCCCC(=O)OC[C@H](CO[C@H]1O[C@H](CS(=O)(=O)O)[C@@H](O)C(O)C1O)OC(=O)CCCCCCC/C=C/CCCCC. The average molecular weight is 829 g/mol. The zero-order valence-electron chi connectivity index (χ0n) is 34.9. The van der Waals surface area contributed by atoms with Gasteiger partial charge in [0, 0.05) is 12.8 Å². The van der Waals surface area contributed by atoms with E-state index in [1.807, 2.05) is 0 Å². The van der Waals surface area contributed by atoms with Crippen molar-refractivity contribution in [1.29, 1.82) is 0 Å². The van der Waals surface area contributed by atoms with Crippen molar-refractivity contribution in [3.05, 3.63) is 48.6 Å². The summed E-state index contributed by atoms with van der Waals surface area (Å²) in [6, 6.07) is 0. The summed E-state index contributed by atoms with van der Waals surface area (Å²) in [5.74, 6) is -2.03. The van der Waals surface area contributed by atoms with E-state index in [0.29, 0.717) is 12.8 Å². The lowest BCUT2D eigenvalue weighted by Crippen LogP contribution is -2.60. The number of aliphatic hydroxyl groups is 3. The standard InChI is InChI=1S/C44H76O12S/c1-3-5-7-9-11-13-15-17-18-19-20-21-23-24-26-28-30-32-39(45)53-34-37(35-54-44-43(49)42(48)41(47)38(56-44)36-57(50,51)52)55-40(46)33-31-29-27-25-22-16-14-12-10-8-6-4-2/h11-14,17-18,20-21,37-38,41-44,47-49H,3-10,15-16,19,22-36H2,1-2H3,(H,50,51,52)/b13-11+,14-12+,18-17+,21-20+/t37-,38-,41-,42?,43?,44+/m1/s1. The van der Waals surface area contributed by atoms with Gasteiger partial charge in [0.2, 0.25) is 0 Å². The number of esters is 2. The van der Waals surface area contributed by atoms with Crippen molar-refractivity contribution in [2.24, 2.45) is 0 Å². The molecule has 13 heteroatoms. The molecular weight excluding hydrogens is 753 g/mol. The van der Waals surface area contributed by atoms with Gasteiger partial charge in [-0.25, -0.2) is 0 Å². The van der Waals surface area contributed by atoms with Crippen LogP contribution in [-0.2, 0) is 38.7 Å². The van der Waals surface area contributed by atoms with Crippen LogP contribution in [0.25, 0.3) is 0 Å². The Hall–Kier alpha value is -2.39. The van der Waals surface area contributed by atoms with E-state index >= 15 is 0 Å². The number of hydrogen-bond donors (Lipinski definition) is 4. The molecule has 0 radical (unpaired) electrons. The number of carbonyl (C=O) groups excluding carboxylic acids is 2. The van der Waals surface area contributed by atoms with Gasteiger partial charge in [-0.2, -0.15) is 8.42 Å². The van der Waals surface area contributed by atoms with Gasteiger partial charge in [-0.05, 0) is 77.0 Å². The quantitative estimate of drug-likeness (QED) is 0.0207. The van der Waals surface area contributed by atoms with Crippen LogP contribution in [-0.4, -0.2) is 96.0 Å². The van der Waals surface area contributed by atoms with Gasteiger partial charge in [0.05, 0.1) is 6.61 Å². The van der Waals surface area contributed by atoms with Crippen LogP contribution >= 0.6 is 0 Å². The Morgan fingerprint density at radius 3 is 1.58 bits per heavy atom. The molecule has 0 aromatic carbocycles.